The van der Waals surface area contributed by atoms with Gasteiger partial charge in [-0.1, -0.05) is 0 Å². The van der Waals surface area contributed by atoms with Crippen LogP contribution in [0.2, 0.25) is 0 Å². The molecule has 102 valence electrons. The summed E-state index contributed by atoms with van der Waals surface area (Å²) in [4.78, 5) is 0. The summed E-state index contributed by atoms with van der Waals surface area (Å²) in [6, 6.07) is 3.13. The molecule has 0 radical (unpaired) electrons. The third-order valence-electron chi connectivity index (χ3n) is 2.33. The van der Waals surface area contributed by atoms with Crippen LogP contribution in [0.5, 0.6) is 5.75 Å². The minimum absolute atomic E-state index is 0.0110. The maximum atomic E-state index is 13.3. The minimum atomic E-state index is -0.741. The molecule has 0 spiro atoms. The molecular formula is C12H13F2N3O2. The van der Waals surface area contributed by atoms with E-state index in [4.69, 9.17) is 14.9 Å². The summed E-state index contributed by atoms with van der Waals surface area (Å²) in [6.07, 6.45) is 0.856. The van der Waals surface area contributed by atoms with Gasteiger partial charge in [0, 0.05) is 19.0 Å². The Labute approximate surface area is 108 Å². The average molecular weight is 269 g/mol. The predicted octanol–water partition coefficient (Wildman–Crippen LogP) is 1.47. The van der Waals surface area contributed by atoms with Gasteiger partial charge in [0.1, 0.15) is 5.82 Å². The molecule has 1 aromatic heterocycles. The molecule has 0 aliphatic heterocycles. The molecule has 0 aliphatic carbocycles. The van der Waals surface area contributed by atoms with Crippen LogP contribution < -0.4 is 10.5 Å². The number of aromatic nitrogens is 2. The van der Waals surface area contributed by atoms with Gasteiger partial charge in [-0.15, -0.1) is 10.2 Å². The van der Waals surface area contributed by atoms with E-state index in [1.807, 2.05) is 0 Å². The van der Waals surface area contributed by atoms with Gasteiger partial charge in [-0.25, -0.2) is 8.78 Å². The zero-order valence-corrected chi connectivity index (χ0v) is 10.1. The van der Waals surface area contributed by atoms with Crippen molar-refractivity contribution < 1.29 is 17.9 Å². The van der Waals surface area contributed by atoms with Crippen molar-refractivity contribution in [1.29, 1.82) is 0 Å². The third-order valence-corrected chi connectivity index (χ3v) is 2.33. The molecule has 0 atom stereocenters. The lowest BCUT2D eigenvalue weighted by atomic mass is 10.3. The normalized spacial score (nSPS) is 10.7. The van der Waals surface area contributed by atoms with Gasteiger partial charge in [0.05, 0.1) is 13.0 Å². The van der Waals surface area contributed by atoms with Gasteiger partial charge in [0.15, 0.2) is 11.6 Å². The Balaban J connectivity index is 1.85. The number of benzene rings is 1. The summed E-state index contributed by atoms with van der Waals surface area (Å²) in [5, 5.41) is 7.58. The Morgan fingerprint density at radius 2 is 1.89 bits per heavy atom. The van der Waals surface area contributed by atoms with Crippen molar-refractivity contribution >= 4 is 0 Å². The van der Waals surface area contributed by atoms with Gasteiger partial charge in [-0.3, -0.25) is 0 Å². The second kappa shape index (κ2) is 6.24. The molecule has 2 aromatic rings. The smallest absolute Gasteiger partial charge is 0.219 e. The fourth-order valence-corrected chi connectivity index (χ4v) is 1.45. The largest absolute Gasteiger partial charge is 0.490 e. The Morgan fingerprint density at radius 1 is 1.16 bits per heavy atom. The number of ether oxygens (including phenoxy) is 1. The molecule has 0 saturated carbocycles. The Morgan fingerprint density at radius 3 is 2.58 bits per heavy atom. The van der Waals surface area contributed by atoms with Gasteiger partial charge in [-0.2, -0.15) is 0 Å². The average Bonchev–Trinajstić information content (AvgIpc) is 2.80. The number of nitrogens with zero attached hydrogens (tertiary/aromatic N) is 2. The second-order valence-electron chi connectivity index (χ2n) is 3.80. The minimum Gasteiger partial charge on any atom is -0.490 e. The Kier molecular flexibility index (Phi) is 4.40. The van der Waals surface area contributed by atoms with Gasteiger partial charge >= 0.3 is 0 Å². The van der Waals surface area contributed by atoms with E-state index >= 15 is 0 Å². The number of rotatable bonds is 6. The molecule has 0 unspecified atom stereocenters. The molecule has 2 rings (SSSR count). The van der Waals surface area contributed by atoms with Crippen molar-refractivity contribution in [1.82, 2.24) is 10.2 Å². The maximum Gasteiger partial charge on any atom is 0.219 e. The molecule has 2 N–H and O–H groups in total. The summed E-state index contributed by atoms with van der Waals surface area (Å²) in [7, 11) is 0. The quantitative estimate of drug-likeness (QED) is 0.859. The number of hydrogen-bond acceptors (Lipinski definition) is 5. The highest BCUT2D eigenvalue weighted by atomic mass is 19.1. The number of nitrogens with two attached hydrogens (primary N) is 1. The Bertz CT molecular complexity index is 546. The summed E-state index contributed by atoms with van der Waals surface area (Å²) >= 11 is 0. The lowest BCUT2D eigenvalue weighted by molar-refractivity contribution is 0.289. The van der Waals surface area contributed by atoms with E-state index in [2.05, 4.69) is 10.2 Å². The van der Waals surface area contributed by atoms with Crippen molar-refractivity contribution in [2.45, 2.75) is 12.8 Å². The molecule has 7 heteroatoms. The molecule has 0 bridgehead atoms. The lowest BCUT2D eigenvalue weighted by Gasteiger charge is -2.05. The summed E-state index contributed by atoms with van der Waals surface area (Å²) in [5.41, 5.74) is 5.35. The summed E-state index contributed by atoms with van der Waals surface area (Å²) in [5.74, 6) is -0.540. The highest BCUT2D eigenvalue weighted by molar-refractivity contribution is 5.24. The van der Waals surface area contributed by atoms with Crippen LogP contribution in [0.1, 0.15) is 11.8 Å². The molecule has 1 heterocycles. The van der Waals surface area contributed by atoms with E-state index in [9.17, 15) is 8.78 Å². The lowest BCUT2D eigenvalue weighted by Crippen LogP contribution is -2.03. The zero-order chi connectivity index (χ0) is 13.7. The van der Waals surface area contributed by atoms with Crippen LogP contribution >= 0.6 is 0 Å². The summed E-state index contributed by atoms with van der Waals surface area (Å²) < 4.78 is 36.4. The molecule has 5 nitrogen and oxygen atoms in total. The van der Waals surface area contributed by atoms with E-state index in [0.29, 0.717) is 31.2 Å². The fraction of sp³-hybridized carbons (Fsp3) is 0.333. The highest BCUT2D eigenvalue weighted by Gasteiger charge is 2.08. The molecule has 0 amide bonds. The molecule has 0 fully saturated rings. The second-order valence-corrected chi connectivity index (χ2v) is 3.80. The van der Waals surface area contributed by atoms with E-state index < -0.39 is 11.6 Å². The van der Waals surface area contributed by atoms with E-state index in [-0.39, 0.29) is 12.4 Å². The SMILES string of the molecule is NCCc1nnc(CCOc2ccc(F)cc2F)o1. The van der Waals surface area contributed by atoms with Crippen LogP contribution in [0, 0.1) is 11.6 Å². The van der Waals surface area contributed by atoms with E-state index in [0.717, 1.165) is 12.1 Å². The van der Waals surface area contributed by atoms with Gasteiger partial charge < -0.3 is 14.9 Å². The van der Waals surface area contributed by atoms with E-state index in [1.165, 1.54) is 6.07 Å². The van der Waals surface area contributed by atoms with Gasteiger partial charge in [0.25, 0.3) is 0 Å². The Hall–Kier alpha value is -2.02. The van der Waals surface area contributed by atoms with Crippen LogP contribution in [0.4, 0.5) is 8.78 Å². The number of hydrogen-bond donors (Lipinski definition) is 1. The van der Waals surface area contributed by atoms with Crippen molar-refractivity contribution in [3.05, 3.63) is 41.6 Å². The first-order valence-corrected chi connectivity index (χ1v) is 5.78. The molecule has 0 aliphatic rings. The summed E-state index contributed by atoms with van der Waals surface area (Å²) in [6.45, 7) is 0.589. The van der Waals surface area contributed by atoms with E-state index in [1.54, 1.807) is 0 Å². The van der Waals surface area contributed by atoms with Crippen molar-refractivity contribution in [2.75, 3.05) is 13.2 Å². The van der Waals surface area contributed by atoms with Crippen molar-refractivity contribution in [3.8, 4) is 5.75 Å². The van der Waals surface area contributed by atoms with Crippen molar-refractivity contribution in [2.24, 2.45) is 5.73 Å². The highest BCUT2D eigenvalue weighted by Crippen LogP contribution is 2.17. The van der Waals surface area contributed by atoms with Crippen LogP contribution in [0.15, 0.2) is 22.6 Å². The predicted molar refractivity (Wildman–Crippen MR) is 62.6 cm³/mol. The monoisotopic (exact) mass is 269 g/mol. The fourth-order valence-electron chi connectivity index (χ4n) is 1.45. The molecule has 1 aromatic carbocycles. The zero-order valence-electron chi connectivity index (χ0n) is 10.1. The van der Waals surface area contributed by atoms with Crippen LogP contribution in [0.3, 0.4) is 0 Å². The van der Waals surface area contributed by atoms with Gasteiger partial charge in [0.2, 0.25) is 11.8 Å². The van der Waals surface area contributed by atoms with Crippen LogP contribution in [-0.4, -0.2) is 23.3 Å². The van der Waals surface area contributed by atoms with Crippen LogP contribution in [-0.2, 0) is 12.8 Å². The third kappa shape index (κ3) is 3.72. The maximum absolute atomic E-state index is 13.3. The number of halogens is 2. The first-order chi connectivity index (χ1) is 9.19. The standard InChI is InChI=1S/C12H13F2N3O2/c13-8-1-2-10(9(14)7-8)18-6-4-12-17-16-11(19-12)3-5-15/h1-2,7H,3-6,15H2. The molecular weight excluding hydrogens is 256 g/mol. The van der Waals surface area contributed by atoms with Gasteiger partial charge in [-0.05, 0) is 12.1 Å². The molecule has 19 heavy (non-hydrogen) atoms. The first kappa shape index (κ1) is 13.4. The van der Waals surface area contributed by atoms with Crippen molar-refractivity contribution in [3.63, 3.8) is 0 Å². The molecule has 0 saturated heterocycles. The van der Waals surface area contributed by atoms with Crippen LogP contribution in [0.25, 0.3) is 0 Å². The topological polar surface area (TPSA) is 74.2 Å². The first-order valence-electron chi connectivity index (χ1n) is 5.78.